The lowest BCUT2D eigenvalue weighted by Gasteiger charge is -2.31. The highest BCUT2D eigenvalue weighted by atomic mass is 32.2. The number of rotatable bonds is 4. The maximum Gasteiger partial charge on any atom is 0.416 e. The van der Waals surface area contributed by atoms with Gasteiger partial charge in [-0.3, -0.25) is 23.7 Å². The zero-order chi connectivity index (χ0) is 29.1. The minimum absolute atomic E-state index is 0.163. The van der Waals surface area contributed by atoms with Crippen molar-refractivity contribution in [2.45, 2.75) is 28.9 Å². The number of benzene rings is 2. The average Bonchev–Trinajstić information content (AvgIpc) is 3.39. The van der Waals surface area contributed by atoms with E-state index in [-0.39, 0.29) is 23.9 Å². The third kappa shape index (κ3) is 4.73. The number of fused-ring (bicyclic) bond motifs is 2. The number of carbonyl (C=O) groups excluding carboxylic acids is 3. The number of hydrogen-bond donors (Lipinski definition) is 1. The van der Waals surface area contributed by atoms with Gasteiger partial charge in [-0.25, -0.2) is 4.90 Å². The molecule has 2 fully saturated rings. The minimum Gasteiger partial charge on any atom is -0.508 e. The predicted octanol–water partition coefficient (Wildman–Crippen LogP) is 3.29. The number of ether oxygens (including phenoxy) is 1. The van der Waals surface area contributed by atoms with Crippen LogP contribution < -0.4 is 9.77 Å². The second-order valence-electron chi connectivity index (χ2n) is 9.78. The molecule has 3 atom stereocenters. The molecular formula is C27H22F3N3O6S2. The molecule has 0 spiro atoms. The van der Waals surface area contributed by atoms with Gasteiger partial charge < -0.3 is 14.7 Å². The molecule has 1 aromatic heterocycles. The Bertz CT molecular complexity index is 1610. The average molecular weight is 606 g/mol. The summed E-state index contributed by atoms with van der Waals surface area (Å²) in [6, 6.07) is 10.2. The summed E-state index contributed by atoms with van der Waals surface area (Å²) in [7, 11) is 0. The molecule has 2 unspecified atom stereocenters. The van der Waals surface area contributed by atoms with Gasteiger partial charge in [-0.05, 0) is 24.3 Å². The summed E-state index contributed by atoms with van der Waals surface area (Å²) in [5, 5.41) is 9.99. The molecule has 3 aliphatic heterocycles. The number of imide groups is 1. The first-order valence-corrected chi connectivity index (χ1v) is 14.3. The van der Waals surface area contributed by atoms with Crippen LogP contribution in [0.2, 0.25) is 0 Å². The predicted molar refractivity (Wildman–Crippen MR) is 143 cm³/mol. The van der Waals surface area contributed by atoms with Crippen LogP contribution in [-0.2, 0) is 31.8 Å². The Kier molecular flexibility index (Phi) is 6.94. The number of morpholine rings is 1. The summed E-state index contributed by atoms with van der Waals surface area (Å²) in [6.07, 6.45) is -4.69. The van der Waals surface area contributed by atoms with Gasteiger partial charge in [0.15, 0.2) is 0 Å². The molecule has 41 heavy (non-hydrogen) atoms. The number of thioether (sulfide) groups is 1. The van der Waals surface area contributed by atoms with Crippen LogP contribution in [0.1, 0.15) is 21.9 Å². The Morgan fingerprint density at radius 1 is 1.02 bits per heavy atom. The van der Waals surface area contributed by atoms with E-state index in [1.54, 1.807) is 23.1 Å². The van der Waals surface area contributed by atoms with Gasteiger partial charge in [-0.15, -0.1) is 0 Å². The molecule has 3 aromatic rings. The number of aromatic hydroxyl groups is 1. The highest BCUT2D eigenvalue weighted by Gasteiger charge is 2.57. The van der Waals surface area contributed by atoms with E-state index in [0.717, 1.165) is 46.2 Å². The first kappa shape index (κ1) is 27.5. The van der Waals surface area contributed by atoms with Crippen molar-refractivity contribution in [1.29, 1.82) is 0 Å². The molecule has 4 heterocycles. The van der Waals surface area contributed by atoms with Gasteiger partial charge >= 0.3 is 11.0 Å². The summed E-state index contributed by atoms with van der Waals surface area (Å²) >= 11 is 1.77. The fourth-order valence-corrected chi connectivity index (χ4v) is 8.23. The van der Waals surface area contributed by atoms with E-state index in [4.69, 9.17) is 4.74 Å². The van der Waals surface area contributed by atoms with Crippen LogP contribution >= 0.6 is 23.1 Å². The molecular weight excluding hydrogens is 583 g/mol. The highest BCUT2D eigenvalue weighted by Crippen LogP contribution is 2.55. The molecule has 214 valence electrons. The number of alkyl halides is 3. The standard InChI is InChI=1S/C27H22F3N3O6S2/c28-27(29,30)14-4-3-5-15(12-14)33-23(36)20-19(16-6-1-2-7-17(16)34)22-25(40-21(20)24(33)37)32(26(38)41-22)13-18(35)31-8-10-39-11-9-31/h1-7,12,19-21,34H,8-11,13H2/t19-,20?,21?/m0/s1. The number of phenolic OH excluding ortho intramolecular Hbond substituents is 1. The van der Waals surface area contributed by atoms with Crippen molar-refractivity contribution in [3.05, 3.63) is 74.2 Å². The molecule has 14 heteroatoms. The number of amides is 3. The smallest absolute Gasteiger partial charge is 0.416 e. The molecule has 0 saturated carbocycles. The van der Waals surface area contributed by atoms with Gasteiger partial charge in [-0.2, -0.15) is 13.2 Å². The Hall–Kier alpha value is -3.62. The zero-order valence-electron chi connectivity index (χ0n) is 21.2. The Morgan fingerprint density at radius 2 is 1.76 bits per heavy atom. The molecule has 1 N–H and O–H groups in total. The number of anilines is 1. The van der Waals surface area contributed by atoms with E-state index < -0.39 is 45.5 Å². The summed E-state index contributed by atoms with van der Waals surface area (Å²) in [6.45, 7) is 1.20. The first-order valence-electron chi connectivity index (χ1n) is 12.6. The Morgan fingerprint density at radius 3 is 2.46 bits per heavy atom. The van der Waals surface area contributed by atoms with Crippen LogP contribution in [-0.4, -0.2) is 63.8 Å². The lowest BCUT2D eigenvalue weighted by molar-refractivity contribution is -0.138. The maximum atomic E-state index is 13.9. The van der Waals surface area contributed by atoms with Crippen molar-refractivity contribution in [3.63, 3.8) is 0 Å². The van der Waals surface area contributed by atoms with Crippen LogP contribution in [0.15, 0.2) is 58.4 Å². The summed E-state index contributed by atoms with van der Waals surface area (Å²) in [5.41, 5.74) is -0.932. The van der Waals surface area contributed by atoms with Crippen molar-refractivity contribution >= 4 is 46.5 Å². The van der Waals surface area contributed by atoms with Gasteiger partial charge in [-0.1, -0.05) is 47.4 Å². The van der Waals surface area contributed by atoms with E-state index >= 15 is 0 Å². The number of aromatic nitrogens is 1. The molecule has 0 bridgehead atoms. The summed E-state index contributed by atoms with van der Waals surface area (Å²) in [5.74, 6) is -3.99. The van der Waals surface area contributed by atoms with Gasteiger partial charge in [0, 0.05) is 29.4 Å². The maximum absolute atomic E-state index is 13.9. The van der Waals surface area contributed by atoms with E-state index in [9.17, 15) is 37.5 Å². The second-order valence-corrected chi connectivity index (χ2v) is 11.9. The number of carbonyl (C=O) groups is 3. The van der Waals surface area contributed by atoms with Gasteiger partial charge in [0.2, 0.25) is 17.7 Å². The normalized spacial score (nSPS) is 22.6. The van der Waals surface area contributed by atoms with Crippen molar-refractivity contribution in [1.82, 2.24) is 9.47 Å². The molecule has 9 nitrogen and oxygen atoms in total. The SMILES string of the molecule is O=C(Cn1c2c(sc1=O)[C@@H](c1ccccc1O)C1C(=O)N(c3cccc(C(F)(F)F)c3)C(=O)C1S2)N1CCOCC1. The second kappa shape index (κ2) is 10.3. The van der Waals surface area contributed by atoms with Crippen LogP contribution in [0, 0.1) is 5.92 Å². The number of hydrogen-bond acceptors (Lipinski definition) is 8. The van der Waals surface area contributed by atoms with E-state index in [1.165, 1.54) is 16.7 Å². The van der Waals surface area contributed by atoms with Crippen LogP contribution in [0.4, 0.5) is 18.9 Å². The molecule has 2 aromatic carbocycles. The third-order valence-electron chi connectivity index (χ3n) is 7.41. The van der Waals surface area contributed by atoms with Crippen molar-refractivity contribution in [2.24, 2.45) is 5.92 Å². The van der Waals surface area contributed by atoms with Crippen LogP contribution in [0.3, 0.4) is 0 Å². The fraction of sp³-hybridized carbons (Fsp3) is 0.333. The van der Waals surface area contributed by atoms with Gasteiger partial charge in [0.25, 0.3) is 0 Å². The van der Waals surface area contributed by atoms with Crippen LogP contribution in [0.25, 0.3) is 0 Å². The minimum atomic E-state index is -4.69. The fourth-order valence-electron chi connectivity index (χ4n) is 5.46. The topological polar surface area (TPSA) is 109 Å². The molecule has 6 rings (SSSR count). The first-order chi connectivity index (χ1) is 19.6. The molecule has 0 radical (unpaired) electrons. The number of phenols is 1. The van der Waals surface area contributed by atoms with E-state index in [0.29, 0.717) is 41.8 Å². The van der Waals surface area contributed by atoms with Crippen molar-refractivity contribution in [2.75, 3.05) is 31.2 Å². The summed E-state index contributed by atoms with van der Waals surface area (Å²) in [4.78, 5) is 56.1. The lowest BCUT2D eigenvalue weighted by Crippen LogP contribution is -2.43. The highest BCUT2D eigenvalue weighted by molar-refractivity contribution is 8.00. The summed E-state index contributed by atoms with van der Waals surface area (Å²) < 4.78 is 46.9. The Labute approximate surface area is 239 Å². The Balaban J connectivity index is 1.44. The largest absolute Gasteiger partial charge is 0.508 e. The molecule has 3 aliphatic rings. The van der Waals surface area contributed by atoms with Crippen molar-refractivity contribution < 1.29 is 37.4 Å². The molecule has 2 saturated heterocycles. The zero-order valence-corrected chi connectivity index (χ0v) is 22.8. The lowest BCUT2D eigenvalue weighted by atomic mass is 9.82. The van der Waals surface area contributed by atoms with E-state index in [2.05, 4.69) is 0 Å². The van der Waals surface area contributed by atoms with Gasteiger partial charge in [0.05, 0.1) is 35.4 Å². The van der Waals surface area contributed by atoms with Crippen molar-refractivity contribution in [3.8, 4) is 5.75 Å². The number of thiazole rings is 1. The quantitative estimate of drug-likeness (QED) is 0.455. The molecule has 0 aliphatic carbocycles. The van der Waals surface area contributed by atoms with E-state index in [1.807, 2.05) is 0 Å². The number of para-hydroxylation sites is 1. The third-order valence-corrected chi connectivity index (χ3v) is 10.0. The van der Waals surface area contributed by atoms with Gasteiger partial charge in [0.1, 0.15) is 17.5 Å². The van der Waals surface area contributed by atoms with Crippen LogP contribution in [0.5, 0.6) is 5.75 Å². The number of nitrogens with zero attached hydrogens (tertiary/aromatic N) is 3. The number of halogens is 3. The monoisotopic (exact) mass is 605 g/mol. The molecule has 3 amide bonds.